The summed E-state index contributed by atoms with van der Waals surface area (Å²) in [6.45, 7) is -0.0843. The van der Waals surface area contributed by atoms with Gasteiger partial charge in [-0.1, -0.05) is 30.3 Å². The number of benzene rings is 1. The first kappa shape index (κ1) is 13.4. The van der Waals surface area contributed by atoms with E-state index in [1.165, 1.54) is 0 Å². The van der Waals surface area contributed by atoms with E-state index in [2.05, 4.69) is 0 Å². The minimum Gasteiger partial charge on any atom is -0.394 e. The molecule has 0 aliphatic carbocycles. The maximum Gasteiger partial charge on any atom is 0.184 e. The monoisotopic (exact) mass is 256 g/mol. The number of hydrogen-bond donors (Lipinski definition) is 2. The zero-order valence-electron chi connectivity index (χ0n) is 9.91. The van der Waals surface area contributed by atoms with Crippen LogP contribution in [0.25, 0.3) is 0 Å². The third-order valence-corrected chi connectivity index (χ3v) is 2.95. The summed E-state index contributed by atoms with van der Waals surface area (Å²) >= 11 is 0. The van der Waals surface area contributed by atoms with Gasteiger partial charge in [-0.25, -0.2) is 4.39 Å². The summed E-state index contributed by atoms with van der Waals surface area (Å²) in [5, 5.41) is 18.5. The van der Waals surface area contributed by atoms with E-state index >= 15 is 0 Å². The first-order chi connectivity index (χ1) is 8.70. The zero-order valence-corrected chi connectivity index (χ0v) is 9.91. The van der Waals surface area contributed by atoms with Crippen molar-refractivity contribution in [1.82, 2.24) is 0 Å². The summed E-state index contributed by atoms with van der Waals surface area (Å²) in [5.74, 6) is 0. The van der Waals surface area contributed by atoms with Gasteiger partial charge in [0.05, 0.1) is 19.3 Å². The van der Waals surface area contributed by atoms with Gasteiger partial charge in [-0.2, -0.15) is 0 Å². The Morgan fingerprint density at radius 3 is 2.67 bits per heavy atom. The fourth-order valence-electron chi connectivity index (χ4n) is 1.97. The van der Waals surface area contributed by atoms with Gasteiger partial charge in [0.1, 0.15) is 12.3 Å². The van der Waals surface area contributed by atoms with Crippen molar-refractivity contribution in [2.75, 3.05) is 6.61 Å². The summed E-state index contributed by atoms with van der Waals surface area (Å²) in [7, 11) is 0. The van der Waals surface area contributed by atoms with Crippen LogP contribution in [0.4, 0.5) is 4.39 Å². The van der Waals surface area contributed by atoms with Crippen molar-refractivity contribution in [1.29, 1.82) is 0 Å². The molecule has 100 valence electrons. The lowest BCUT2D eigenvalue weighted by Gasteiger charge is -2.35. The predicted molar refractivity (Wildman–Crippen MR) is 62.5 cm³/mol. The number of ether oxygens (including phenoxy) is 2. The Morgan fingerprint density at radius 1 is 1.33 bits per heavy atom. The SMILES string of the molecule is OC[C@@H]1C[C@@H](F)[C@H](OCc2ccccc2)[C@@H](O)O1. The van der Waals surface area contributed by atoms with E-state index in [0.29, 0.717) is 0 Å². The van der Waals surface area contributed by atoms with Crippen LogP contribution in [0.1, 0.15) is 12.0 Å². The fraction of sp³-hybridized carbons (Fsp3) is 0.538. The highest BCUT2D eigenvalue weighted by Gasteiger charge is 2.38. The van der Waals surface area contributed by atoms with E-state index in [1.807, 2.05) is 30.3 Å². The largest absolute Gasteiger partial charge is 0.394 e. The normalized spacial score (nSPS) is 32.4. The molecule has 1 aromatic rings. The second-order valence-electron chi connectivity index (χ2n) is 4.34. The molecule has 1 saturated heterocycles. The molecule has 0 radical (unpaired) electrons. The Hall–Kier alpha value is -1.01. The van der Waals surface area contributed by atoms with Gasteiger partial charge in [-0.15, -0.1) is 0 Å². The Morgan fingerprint density at radius 2 is 2.06 bits per heavy atom. The third-order valence-electron chi connectivity index (χ3n) is 2.95. The van der Waals surface area contributed by atoms with Gasteiger partial charge in [0.25, 0.3) is 0 Å². The predicted octanol–water partition coefficient (Wildman–Crippen LogP) is 1.01. The third kappa shape index (κ3) is 3.26. The summed E-state index contributed by atoms with van der Waals surface area (Å²) in [5.41, 5.74) is 0.904. The van der Waals surface area contributed by atoms with E-state index < -0.39 is 24.7 Å². The average molecular weight is 256 g/mol. The van der Waals surface area contributed by atoms with Gasteiger partial charge in [0.2, 0.25) is 0 Å². The zero-order chi connectivity index (χ0) is 13.0. The average Bonchev–Trinajstić information content (AvgIpc) is 2.38. The number of rotatable bonds is 4. The van der Waals surface area contributed by atoms with Crippen molar-refractivity contribution in [3.63, 3.8) is 0 Å². The van der Waals surface area contributed by atoms with Gasteiger partial charge < -0.3 is 19.7 Å². The molecule has 4 nitrogen and oxygen atoms in total. The molecule has 1 fully saturated rings. The van der Waals surface area contributed by atoms with E-state index in [-0.39, 0.29) is 19.6 Å². The van der Waals surface area contributed by atoms with Crippen LogP contribution in [0.2, 0.25) is 0 Å². The van der Waals surface area contributed by atoms with Gasteiger partial charge >= 0.3 is 0 Å². The smallest absolute Gasteiger partial charge is 0.184 e. The van der Waals surface area contributed by atoms with Gasteiger partial charge in [-0.05, 0) is 5.56 Å². The molecule has 0 amide bonds. The Bertz CT molecular complexity index is 347. The Kier molecular flexibility index (Phi) is 4.66. The lowest BCUT2D eigenvalue weighted by Crippen LogP contribution is -2.48. The molecule has 1 aliphatic rings. The van der Waals surface area contributed by atoms with E-state index in [4.69, 9.17) is 14.6 Å². The molecule has 1 aromatic carbocycles. The molecule has 0 unspecified atom stereocenters. The minimum atomic E-state index is -1.34. The van der Waals surface area contributed by atoms with Crippen molar-refractivity contribution in [2.24, 2.45) is 0 Å². The van der Waals surface area contributed by atoms with Crippen LogP contribution >= 0.6 is 0 Å². The highest BCUT2D eigenvalue weighted by Crippen LogP contribution is 2.24. The number of aliphatic hydroxyl groups excluding tert-OH is 2. The second kappa shape index (κ2) is 6.24. The maximum absolute atomic E-state index is 13.8. The van der Waals surface area contributed by atoms with Crippen molar-refractivity contribution in [3.8, 4) is 0 Å². The summed E-state index contributed by atoms with van der Waals surface area (Å²) < 4.78 is 24.2. The highest BCUT2D eigenvalue weighted by molar-refractivity contribution is 5.13. The molecule has 5 heteroatoms. The van der Waals surface area contributed by atoms with Crippen LogP contribution in [-0.4, -0.2) is 41.5 Å². The molecule has 0 bridgehead atoms. The van der Waals surface area contributed by atoms with Crippen LogP contribution in [0, 0.1) is 0 Å². The first-order valence-electron chi connectivity index (χ1n) is 5.94. The number of halogens is 1. The topological polar surface area (TPSA) is 58.9 Å². The summed E-state index contributed by atoms with van der Waals surface area (Å²) in [4.78, 5) is 0. The van der Waals surface area contributed by atoms with Crippen molar-refractivity contribution < 1.29 is 24.1 Å². The summed E-state index contributed by atoms with van der Waals surface area (Å²) in [6, 6.07) is 9.33. The highest BCUT2D eigenvalue weighted by atomic mass is 19.1. The molecule has 0 aromatic heterocycles. The lowest BCUT2D eigenvalue weighted by molar-refractivity contribution is -0.256. The van der Waals surface area contributed by atoms with Crippen LogP contribution in [0.3, 0.4) is 0 Å². The number of aliphatic hydroxyl groups is 2. The lowest BCUT2D eigenvalue weighted by atomic mass is 10.0. The Balaban J connectivity index is 1.89. The van der Waals surface area contributed by atoms with Crippen molar-refractivity contribution in [2.45, 2.75) is 37.7 Å². The molecule has 2 rings (SSSR count). The van der Waals surface area contributed by atoms with Crippen LogP contribution in [-0.2, 0) is 16.1 Å². The minimum absolute atomic E-state index is 0.0347. The van der Waals surface area contributed by atoms with E-state index in [1.54, 1.807) is 0 Å². The van der Waals surface area contributed by atoms with Gasteiger partial charge in [0, 0.05) is 6.42 Å². The molecule has 0 spiro atoms. The molecule has 2 N–H and O–H groups in total. The van der Waals surface area contributed by atoms with Crippen molar-refractivity contribution in [3.05, 3.63) is 35.9 Å². The molecular weight excluding hydrogens is 239 g/mol. The second-order valence-corrected chi connectivity index (χ2v) is 4.34. The Labute approximate surface area is 105 Å². The molecule has 0 saturated carbocycles. The molecule has 4 atom stereocenters. The number of hydrogen-bond acceptors (Lipinski definition) is 4. The van der Waals surface area contributed by atoms with E-state index in [0.717, 1.165) is 5.56 Å². The molecule has 1 aliphatic heterocycles. The van der Waals surface area contributed by atoms with Crippen LogP contribution < -0.4 is 0 Å². The molecular formula is C13H17FO4. The fourth-order valence-corrected chi connectivity index (χ4v) is 1.97. The molecule has 18 heavy (non-hydrogen) atoms. The first-order valence-corrected chi connectivity index (χ1v) is 5.94. The summed E-state index contributed by atoms with van der Waals surface area (Å²) in [6.07, 6.45) is -4.31. The number of alkyl halides is 1. The van der Waals surface area contributed by atoms with Gasteiger partial charge in [0.15, 0.2) is 6.29 Å². The quantitative estimate of drug-likeness (QED) is 0.844. The molecule has 1 heterocycles. The van der Waals surface area contributed by atoms with E-state index in [9.17, 15) is 9.50 Å². The maximum atomic E-state index is 13.8. The van der Waals surface area contributed by atoms with Gasteiger partial charge in [-0.3, -0.25) is 0 Å². The standard InChI is InChI=1S/C13H17FO4/c14-11-6-10(7-15)18-13(16)12(11)17-8-9-4-2-1-3-5-9/h1-5,10-13,15-16H,6-8H2/t10-,11+,12-,13-/m0/s1. The van der Waals surface area contributed by atoms with Crippen LogP contribution in [0.5, 0.6) is 0 Å². The van der Waals surface area contributed by atoms with Crippen molar-refractivity contribution >= 4 is 0 Å². The van der Waals surface area contributed by atoms with Crippen LogP contribution in [0.15, 0.2) is 30.3 Å².